The topological polar surface area (TPSA) is 0 Å². The summed E-state index contributed by atoms with van der Waals surface area (Å²) in [6.07, 6.45) is 10.0. The third kappa shape index (κ3) is 26.4. The van der Waals surface area contributed by atoms with Crippen molar-refractivity contribution in [1.82, 2.24) is 0 Å². The Hall–Kier alpha value is -0.520. The second-order valence-corrected chi connectivity index (χ2v) is 2.51. The summed E-state index contributed by atoms with van der Waals surface area (Å²) in [5.41, 5.74) is 0. The quantitative estimate of drug-likeness (QED) is 0.408. The van der Waals surface area contributed by atoms with Gasteiger partial charge in [-0.05, 0) is 12.8 Å². The van der Waals surface area contributed by atoms with Crippen LogP contribution in [0.4, 0.5) is 0 Å². The maximum absolute atomic E-state index is 3.60. The van der Waals surface area contributed by atoms with Crippen LogP contribution in [0.2, 0.25) is 0 Å². The van der Waals surface area contributed by atoms with Gasteiger partial charge in [0.2, 0.25) is 0 Å². The fraction of sp³-hybridized carbons (Fsp3) is 0.636. The van der Waals surface area contributed by atoms with Crippen molar-refractivity contribution in [3.05, 3.63) is 25.3 Å². The summed E-state index contributed by atoms with van der Waals surface area (Å²) >= 11 is 0. The summed E-state index contributed by atoms with van der Waals surface area (Å²) in [6.45, 7) is 11.5. The molecule has 0 aromatic heterocycles. The lowest BCUT2D eigenvalue weighted by Gasteiger charge is -1.81. The molecule has 0 saturated carbocycles. The molecule has 0 aromatic carbocycles. The van der Waals surface area contributed by atoms with Crippen molar-refractivity contribution in [1.29, 1.82) is 0 Å². The van der Waals surface area contributed by atoms with E-state index in [0.717, 1.165) is 6.42 Å². The molecule has 0 rings (SSSR count). The van der Waals surface area contributed by atoms with E-state index in [2.05, 4.69) is 27.0 Å². The van der Waals surface area contributed by atoms with Crippen LogP contribution in [0.3, 0.4) is 0 Å². The highest BCUT2D eigenvalue weighted by Gasteiger charge is 1.71. The Labute approximate surface area is 72.0 Å². The smallest absolute Gasteiger partial charge is 0.0354 e. The SMILES string of the molecule is C=CCCC.C=CCCCC. The second-order valence-electron chi connectivity index (χ2n) is 2.51. The molecule has 0 unspecified atom stereocenters. The predicted octanol–water partition coefficient (Wildman–Crippen LogP) is 4.34. The Morgan fingerprint density at radius 1 is 0.909 bits per heavy atom. The number of allylic oxidation sites excluding steroid dienone is 2. The zero-order chi connectivity index (χ0) is 8.95. The van der Waals surface area contributed by atoms with E-state index in [1.807, 2.05) is 12.2 Å². The second kappa shape index (κ2) is 16.2. The molecular formula is C11H22. The van der Waals surface area contributed by atoms with Crippen LogP contribution in [-0.2, 0) is 0 Å². The monoisotopic (exact) mass is 154 g/mol. The van der Waals surface area contributed by atoms with Crippen molar-refractivity contribution in [2.45, 2.75) is 46.0 Å². The van der Waals surface area contributed by atoms with Crippen LogP contribution in [0.1, 0.15) is 46.0 Å². The zero-order valence-corrected chi connectivity index (χ0v) is 8.10. The van der Waals surface area contributed by atoms with Gasteiger partial charge in [-0.15, -0.1) is 13.2 Å². The van der Waals surface area contributed by atoms with Crippen molar-refractivity contribution in [3.8, 4) is 0 Å². The normalized spacial score (nSPS) is 7.82. The van der Waals surface area contributed by atoms with E-state index in [1.165, 1.54) is 25.7 Å². The lowest BCUT2D eigenvalue weighted by molar-refractivity contribution is 0.816. The Kier molecular flexibility index (Phi) is 19.3. The zero-order valence-electron chi connectivity index (χ0n) is 8.10. The Balaban J connectivity index is 0. The Morgan fingerprint density at radius 2 is 1.45 bits per heavy atom. The average Bonchev–Trinajstić information content (AvgIpc) is 2.04. The van der Waals surface area contributed by atoms with E-state index in [-0.39, 0.29) is 0 Å². The fourth-order valence-electron chi connectivity index (χ4n) is 0.553. The van der Waals surface area contributed by atoms with Gasteiger partial charge in [0.15, 0.2) is 0 Å². The molecule has 0 atom stereocenters. The number of hydrogen-bond acceptors (Lipinski definition) is 0. The summed E-state index contributed by atoms with van der Waals surface area (Å²) in [5, 5.41) is 0. The molecule has 0 heterocycles. The van der Waals surface area contributed by atoms with Gasteiger partial charge in [0, 0.05) is 0 Å². The highest BCUT2D eigenvalue weighted by Crippen LogP contribution is 1.91. The maximum atomic E-state index is 3.60. The molecular weight excluding hydrogens is 132 g/mol. The van der Waals surface area contributed by atoms with Crippen LogP contribution in [0, 0.1) is 0 Å². The van der Waals surface area contributed by atoms with E-state index < -0.39 is 0 Å². The molecule has 11 heavy (non-hydrogen) atoms. The van der Waals surface area contributed by atoms with E-state index in [4.69, 9.17) is 0 Å². The highest BCUT2D eigenvalue weighted by molar-refractivity contribution is 4.64. The van der Waals surface area contributed by atoms with Crippen molar-refractivity contribution < 1.29 is 0 Å². The standard InChI is InChI=1S/C6H12.C5H10/c1-3-5-6-4-2;1-3-5-4-2/h3H,1,4-6H2,2H3;3H,1,4-5H2,2H3. The van der Waals surface area contributed by atoms with E-state index in [0.29, 0.717) is 0 Å². The summed E-state index contributed by atoms with van der Waals surface area (Å²) in [6, 6.07) is 0. The molecule has 0 amide bonds. The molecule has 0 spiro atoms. The molecule has 0 saturated heterocycles. The number of rotatable bonds is 5. The minimum absolute atomic E-state index is 1.15. The molecule has 0 radical (unpaired) electrons. The van der Waals surface area contributed by atoms with Gasteiger partial charge in [0.25, 0.3) is 0 Å². The minimum Gasteiger partial charge on any atom is -0.103 e. The van der Waals surface area contributed by atoms with E-state index in [1.54, 1.807) is 0 Å². The summed E-state index contributed by atoms with van der Waals surface area (Å²) in [4.78, 5) is 0. The van der Waals surface area contributed by atoms with E-state index in [9.17, 15) is 0 Å². The van der Waals surface area contributed by atoms with Gasteiger partial charge >= 0.3 is 0 Å². The van der Waals surface area contributed by atoms with Crippen molar-refractivity contribution >= 4 is 0 Å². The van der Waals surface area contributed by atoms with E-state index >= 15 is 0 Å². The third-order valence-corrected chi connectivity index (χ3v) is 1.25. The lowest BCUT2D eigenvalue weighted by atomic mass is 10.3. The first-order valence-electron chi connectivity index (χ1n) is 4.55. The molecule has 0 aliphatic carbocycles. The van der Waals surface area contributed by atoms with Crippen molar-refractivity contribution in [2.24, 2.45) is 0 Å². The van der Waals surface area contributed by atoms with Crippen LogP contribution in [0.15, 0.2) is 25.3 Å². The first kappa shape index (κ1) is 13.1. The average molecular weight is 154 g/mol. The first-order valence-corrected chi connectivity index (χ1v) is 4.55. The largest absolute Gasteiger partial charge is 0.103 e. The van der Waals surface area contributed by atoms with Crippen LogP contribution < -0.4 is 0 Å². The molecule has 0 fully saturated rings. The first-order chi connectivity index (χ1) is 5.33. The van der Waals surface area contributed by atoms with Crippen molar-refractivity contribution in [3.63, 3.8) is 0 Å². The molecule has 0 nitrogen and oxygen atoms in total. The molecule has 0 N–H and O–H groups in total. The maximum Gasteiger partial charge on any atom is -0.0354 e. The molecule has 0 aliphatic rings. The molecule has 0 bridgehead atoms. The third-order valence-electron chi connectivity index (χ3n) is 1.25. The van der Waals surface area contributed by atoms with Crippen LogP contribution in [-0.4, -0.2) is 0 Å². The minimum atomic E-state index is 1.15. The van der Waals surface area contributed by atoms with Gasteiger partial charge in [-0.3, -0.25) is 0 Å². The Bertz CT molecular complexity index is 72.1. The number of unbranched alkanes of at least 4 members (excludes halogenated alkanes) is 3. The van der Waals surface area contributed by atoms with Crippen LogP contribution >= 0.6 is 0 Å². The summed E-state index contributed by atoms with van der Waals surface area (Å²) < 4.78 is 0. The van der Waals surface area contributed by atoms with Gasteiger partial charge in [0.05, 0.1) is 0 Å². The highest BCUT2D eigenvalue weighted by atomic mass is 13.8. The van der Waals surface area contributed by atoms with Gasteiger partial charge in [-0.25, -0.2) is 0 Å². The van der Waals surface area contributed by atoms with Crippen molar-refractivity contribution in [2.75, 3.05) is 0 Å². The molecule has 0 aliphatic heterocycles. The predicted molar refractivity (Wildman–Crippen MR) is 54.8 cm³/mol. The molecule has 66 valence electrons. The van der Waals surface area contributed by atoms with Gasteiger partial charge in [-0.1, -0.05) is 45.3 Å². The Morgan fingerprint density at radius 3 is 1.55 bits per heavy atom. The molecule has 0 heteroatoms. The summed E-state index contributed by atoms with van der Waals surface area (Å²) in [5.74, 6) is 0. The summed E-state index contributed by atoms with van der Waals surface area (Å²) in [7, 11) is 0. The molecule has 0 aromatic rings. The number of hydrogen-bond donors (Lipinski definition) is 0. The van der Waals surface area contributed by atoms with Crippen LogP contribution in [0.5, 0.6) is 0 Å². The van der Waals surface area contributed by atoms with Gasteiger partial charge < -0.3 is 0 Å². The van der Waals surface area contributed by atoms with Gasteiger partial charge in [-0.2, -0.15) is 0 Å². The van der Waals surface area contributed by atoms with Gasteiger partial charge in [0.1, 0.15) is 0 Å². The van der Waals surface area contributed by atoms with Crippen LogP contribution in [0.25, 0.3) is 0 Å². The lowest BCUT2D eigenvalue weighted by Crippen LogP contribution is -1.61. The fourth-order valence-corrected chi connectivity index (χ4v) is 0.553.